The third-order valence-corrected chi connectivity index (χ3v) is 0.433. The molecule has 0 aromatic rings. The Kier molecular flexibility index (Phi) is 7.55. The topological polar surface area (TPSA) is 66.4 Å². The van der Waals surface area contributed by atoms with Crippen LogP contribution in [0.4, 0.5) is 0 Å². The van der Waals surface area contributed by atoms with Gasteiger partial charge in [0.05, 0.1) is 7.11 Å². The van der Waals surface area contributed by atoms with Gasteiger partial charge in [-0.15, -0.1) is 0 Å². The molecule has 6 heteroatoms. The molecule has 0 aliphatic carbocycles. The van der Waals surface area contributed by atoms with Crippen LogP contribution < -0.4 is 0 Å². The number of ether oxygens (including phenoxy) is 1. The molecule has 56 valence electrons. The maximum absolute atomic E-state index is 7.55. The molecule has 1 N–H and O–H groups in total. The molecular formula is C3H8O6. The lowest BCUT2D eigenvalue weighted by Gasteiger charge is -1.99. The molecular weight excluding hydrogens is 132 g/mol. The molecule has 0 atom stereocenters. The average Bonchev–Trinajstić information content (AvgIpc) is 1.89. The predicted octanol–water partition coefficient (Wildman–Crippen LogP) is -0.0828. The number of hydrogen-bond donors (Lipinski definition) is 1. The van der Waals surface area contributed by atoms with Gasteiger partial charge in [-0.25, -0.2) is 15.0 Å². The van der Waals surface area contributed by atoms with Gasteiger partial charge in [-0.3, -0.25) is 0 Å². The fraction of sp³-hybridized carbons (Fsp3) is 1.00. The van der Waals surface area contributed by atoms with Gasteiger partial charge in [0.1, 0.15) is 0 Å². The molecule has 0 aromatic carbocycles. The minimum Gasteiger partial charge on any atom is -0.323 e. The highest BCUT2D eigenvalue weighted by atomic mass is 17.5. The van der Waals surface area contributed by atoms with Gasteiger partial charge in [0, 0.05) is 0 Å². The molecule has 0 spiro atoms. The lowest BCUT2D eigenvalue weighted by molar-refractivity contribution is -0.513. The van der Waals surface area contributed by atoms with Gasteiger partial charge in [0.15, 0.2) is 13.6 Å². The van der Waals surface area contributed by atoms with Gasteiger partial charge in [-0.05, 0) is 0 Å². The van der Waals surface area contributed by atoms with Gasteiger partial charge in [-0.1, -0.05) is 5.04 Å². The lowest BCUT2D eigenvalue weighted by atomic mass is 11.4. The Morgan fingerprint density at radius 1 is 1.22 bits per heavy atom. The molecule has 0 amide bonds. The second-order valence-corrected chi connectivity index (χ2v) is 0.917. The minimum absolute atomic E-state index is 0.0835. The van der Waals surface area contributed by atoms with E-state index in [1.807, 2.05) is 0 Å². The van der Waals surface area contributed by atoms with Crippen molar-refractivity contribution < 1.29 is 29.7 Å². The Morgan fingerprint density at radius 2 is 1.89 bits per heavy atom. The van der Waals surface area contributed by atoms with Crippen molar-refractivity contribution in [3.63, 3.8) is 0 Å². The van der Waals surface area contributed by atoms with E-state index in [1.165, 1.54) is 7.11 Å². The normalized spacial score (nSPS) is 10.0. The van der Waals surface area contributed by atoms with Crippen molar-refractivity contribution in [1.29, 1.82) is 0 Å². The highest BCUT2D eigenvalue weighted by molar-refractivity contribution is 3.90. The summed E-state index contributed by atoms with van der Waals surface area (Å²) in [5, 5.41) is 10.7. The Bertz CT molecular complexity index is 41.6. The summed E-state index contributed by atoms with van der Waals surface area (Å²) in [6.07, 6.45) is 0. The van der Waals surface area contributed by atoms with Crippen molar-refractivity contribution in [2.45, 2.75) is 0 Å². The van der Waals surface area contributed by atoms with Crippen LogP contribution >= 0.6 is 0 Å². The Balaban J connectivity index is 2.60. The highest BCUT2D eigenvalue weighted by Crippen LogP contribution is 1.78. The maximum atomic E-state index is 7.55. The number of hydrogen-bond acceptors (Lipinski definition) is 6. The highest BCUT2D eigenvalue weighted by Gasteiger charge is 1.85. The van der Waals surface area contributed by atoms with Crippen LogP contribution in [0.2, 0.25) is 0 Å². The first-order chi connectivity index (χ1) is 4.41. The SMILES string of the molecule is COOCOCOOO. The average molecular weight is 140 g/mol. The third-order valence-electron chi connectivity index (χ3n) is 0.433. The van der Waals surface area contributed by atoms with Crippen molar-refractivity contribution in [1.82, 2.24) is 0 Å². The summed E-state index contributed by atoms with van der Waals surface area (Å²) in [6.45, 7) is -0.306. The largest absolute Gasteiger partial charge is 0.323 e. The summed E-state index contributed by atoms with van der Waals surface area (Å²) in [5.41, 5.74) is 0. The van der Waals surface area contributed by atoms with Crippen LogP contribution in [0.1, 0.15) is 0 Å². The van der Waals surface area contributed by atoms with E-state index in [0.29, 0.717) is 0 Å². The molecule has 0 unspecified atom stereocenters. The van der Waals surface area contributed by atoms with E-state index in [2.05, 4.69) is 24.4 Å². The van der Waals surface area contributed by atoms with Crippen LogP contribution in [0.3, 0.4) is 0 Å². The standard InChI is InChI=1S/C3H8O6/c1-5-7-2-6-3-8-9-4/h4H,2-3H2,1H3. The summed E-state index contributed by atoms with van der Waals surface area (Å²) in [6, 6.07) is 0. The predicted molar refractivity (Wildman–Crippen MR) is 23.7 cm³/mol. The summed E-state index contributed by atoms with van der Waals surface area (Å²) >= 11 is 0. The molecule has 0 radical (unpaired) electrons. The van der Waals surface area contributed by atoms with E-state index in [1.54, 1.807) is 0 Å². The first-order valence-corrected chi connectivity index (χ1v) is 2.08. The van der Waals surface area contributed by atoms with Crippen LogP contribution in [0, 0.1) is 0 Å². The van der Waals surface area contributed by atoms with E-state index in [0.717, 1.165) is 0 Å². The van der Waals surface area contributed by atoms with Crippen LogP contribution in [-0.2, 0) is 24.4 Å². The minimum atomic E-state index is -0.222. The number of rotatable bonds is 6. The van der Waals surface area contributed by atoms with Crippen molar-refractivity contribution >= 4 is 0 Å². The molecule has 6 nitrogen and oxygen atoms in total. The molecule has 0 saturated heterocycles. The van der Waals surface area contributed by atoms with Crippen LogP contribution in [-0.4, -0.2) is 26.0 Å². The van der Waals surface area contributed by atoms with E-state index >= 15 is 0 Å². The van der Waals surface area contributed by atoms with Crippen molar-refractivity contribution in [3.8, 4) is 0 Å². The fourth-order valence-electron chi connectivity index (χ4n) is 0.172. The van der Waals surface area contributed by atoms with Crippen LogP contribution in [0.25, 0.3) is 0 Å². The van der Waals surface area contributed by atoms with E-state index in [-0.39, 0.29) is 13.6 Å². The van der Waals surface area contributed by atoms with Gasteiger partial charge in [0.25, 0.3) is 0 Å². The zero-order chi connectivity index (χ0) is 6.95. The molecule has 0 fully saturated rings. The molecule has 0 saturated carbocycles. The lowest BCUT2D eigenvalue weighted by Crippen LogP contribution is -2.03. The summed E-state index contributed by atoms with van der Waals surface area (Å²) in [4.78, 5) is 12.3. The van der Waals surface area contributed by atoms with Gasteiger partial charge in [-0.2, -0.15) is 4.89 Å². The second kappa shape index (κ2) is 7.76. The second-order valence-electron chi connectivity index (χ2n) is 0.917. The van der Waals surface area contributed by atoms with Gasteiger partial charge >= 0.3 is 0 Å². The Morgan fingerprint density at radius 3 is 2.44 bits per heavy atom. The molecule has 0 rings (SSSR count). The quantitative estimate of drug-likeness (QED) is 0.241. The molecule has 0 bridgehead atoms. The Hall–Kier alpha value is -0.240. The van der Waals surface area contributed by atoms with Gasteiger partial charge in [0.2, 0.25) is 0 Å². The first kappa shape index (κ1) is 8.76. The monoisotopic (exact) mass is 140 g/mol. The van der Waals surface area contributed by atoms with E-state index < -0.39 is 0 Å². The summed E-state index contributed by atoms with van der Waals surface area (Å²) < 4.78 is 4.46. The summed E-state index contributed by atoms with van der Waals surface area (Å²) in [5.74, 6) is 0. The van der Waals surface area contributed by atoms with Crippen LogP contribution in [0.5, 0.6) is 0 Å². The Labute approximate surface area is 51.6 Å². The van der Waals surface area contributed by atoms with Crippen molar-refractivity contribution in [2.75, 3.05) is 20.7 Å². The third kappa shape index (κ3) is 7.76. The first-order valence-electron chi connectivity index (χ1n) is 2.08. The molecule has 0 aliphatic heterocycles. The van der Waals surface area contributed by atoms with E-state index in [4.69, 9.17) is 5.26 Å². The smallest absolute Gasteiger partial charge is 0.186 e. The van der Waals surface area contributed by atoms with Crippen molar-refractivity contribution in [3.05, 3.63) is 0 Å². The molecule has 9 heavy (non-hydrogen) atoms. The zero-order valence-corrected chi connectivity index (χ0v) is 4.90. The molecule has 0 aromatic heterocycles. The van der Waals surface area contributed by atoms with E-state index in [9.17, 15) is 0 Å². The molecule has 0 heterocycles. The fourth-order valence-corrected chi connectivity index (χ4v) is 0.172. The summed E-state index contributed by atoms with van der Waals surface area (Å²) in [7, 11) is 1.34. The van der Waals surface area contributed by atoms with Crippen LogP contribution in [0.15, 0.2) is 0 Å². The van der Waals surface area contributed by atoms with Gasteiger partial charge < -0.3 is 4.74 Å². The van der Waals surface area contributed by atoms with Crippen molar-refractivity contribution in [2.24, 2.45) is 0 Å². The maximum Gasteiger partial charge on any atom is 0.186 e. The zero-order valence-electron chi connectivity index (χ0n) is 4.90. The molecule has 0 aliphatic rings.